The molecule has 4 nitrogen and oxygen atoms in total. The Morgan fingerprint density at radius 3 is 2.46 bits per heavy atom. The van der Waals surface area contributed by atoms with Gasteiger partial charge in [0.15, 0.2) is 6.61 Å². The molecular weight excluding hydrogens is 309 g/mol. The van der Waals surface area contributed by atoms with Crippen LogP contribution in [-0.2, 0) is 4.79 Å². The van der Waals surface area contributed by atoms with Crippen LogP contribution in [0.1, 0.15) is 17.9 Å². The van der Waals surface area contributed by atoms with Crippen LogP contribution in [0.25, 0.3) is 0 Å². The second kappa shape index (κ2) is 7.34. The molecule has 1 unspecified atom stereocenters. The third kappa shape index (κ3) is 3.85. The Kier molecular flexibility index (Phi) is 4.99. The first kappa shape index (κ1) is 16.3. The van der Waals surface area contributed by atoms with Gasteiger partial charge in [0, 0.05) is 19.0 Å². The van der Waals surface area contributed by atoms with Crippen molar-refractivity contribution in [1.82, 2.24) is 4.90 Å². The lowest BCUT2D eigenvalue weighted by Crippen LogP contribution is -2.32. The maximum Gasteiger partial charge on any atom is 0.260 e. The molecule has 1 aliphatic heterocycles. The number of nitrogens with zero attached hydrogens (tertiary/aromatic N) is 1. The van der Waals surface area contributed by atoms with Crippen molar-refractivity contribution in [3.05, 3.63) is 59.9 Å². The van der Waals surface area contributed by atoms with E-state index >= 15 is 0 Å². The smallest absolute Gasteiger partial charge is 0.260 e. The van der Waals surface area contributed by atoms with Crippen molar-refractivity contribution < 1.29 is 18.7 Å². The molecule has 1 atom stereocenters. The zero-order chi connectivity index (χ0) is 16.9. The molecule has 0 radical (unpaired) electrons. The minimum Gasteiger partial charge on any atom is -0.497 e. The molecule has 1 amide bonds. The summed E-state index contributed by atoms with van der Waals surface area (Å²) in [7, 11) is 1.64. The Balaban J connectivity index is 1.52. The first-order valence-corrected chi connectivity index (χ1v) is 7.96. The standard InChI is InChI=1S/C19H20FNO3/c1-23-17-6-2-14(3-7-17)15-10-11-21(12-15)19(22)13-24-18-8-4-16(20)5-9-18/h2-9,15H,10-13H2,1H3. The van der Waals surface area contributed by atoms with E-state index in [-0.39, 0.29) is 18.3 Å². The number of carbonyl (C=O) groups excluding carboxylic acids is 1. The molecule has 1 fully saturated rings. The van der Waals surface area contributed by atoms with Gasteiger partial charge < -0.3 is 14.4 Å². The number of rotatable bonds is 5. The van der Waals surface area contributed by atoms with Gasteiger partial charge in [0.25, 0.3) is 5.91 Å². The molecular formula is C19H20FNO3. The number of carbonyl (C=O) groups is 1. The van der Waals surface area contributed by atoms with E-state index < -0.39 is 0 Å². The molecule has 0 saturated carbocycles. The topological polar surface area (TPSA) is 38.8 Å². The van der Waals surface area contributed by atoms with Crippen LogP contribution in [-0.4, -0.2) is 37.6 Å². The molecule has 1 heterocycles. The van der Waals surface area contributed by atoms with Gasteiger partial charge in [-0.05, 0) is 48.4 Å². The van der Waals surface area contributed by atoms with Crippen molar-refractivity contribution in [3.63, 3.8) is 0 Å². The summed E-state index contributed by atoms with van der Waals surface area (Å²) in [4.78, 5) is 14.1. The molecule has 0 N–H and O–H groups in total. The minimum absolute atomic E-state index is 0.0268. The predicted octanol–water partition coefficient (Wildman–Crippen LogP) is 3.23. The largest absolute Gasteiger partial charge is 0.497 e. The highest BCUT2D eigenvalue weighted by molar-refractivity contribution is 5.78. The van der Waals surface area contributed by atoms with Crippen LogP contribution in [0.5, 0.6) is 11.5 Å². The summed E-state index contributed by atoms with van der Waals surface area (Å²) in [5.41, 5.74) is 1.21. The number of hydrogen-bond acceptors (Lipinski definition) is 3. The summed E-state index contributed by atoms with van der Waals surface area (Å²) in [6.45, 7) is 1.39. The van der Waals surface area contributed by atoms with Crippen molar-refractivity contribution in [1.29, 1.82) is 0 Å². The van der Waals surface area contributed by atoms with E-state index in [0.29, 0.717) is 18.2 Å². The van der Waals surface area contributed by atoms with E-state index in [9.17, 15) is 9.18 Å². The van der Waals surface area contributed by atoms with Crippen molar-refractivity contribution in [2.24, 2.45) is 0 Å². The van der Waals surface area contributed by atoms with Gasteiger partial charge in [-0.15, -0.1) is 0 Å². The quantitative estimate of drug-likeness (QED) is 0.845. The number of methoxy groups -OCH3 is 1. The number of amides is 1. The molecule has 2 aromatic carbocycles. The average molecular weight is 329 g/mol. The summed E-state index contributed by atoms with van der Waals surface area (Å²) in [6, 6.07) is 13.7. The molecule has 0 aromatic heterocycles. The summed E-state index contributed by atoms with van der Waals surface area (Å²) in [5, 5.41) is 0. The van der Waals surface area contributed by atoms with E-state index in [1.807, 2.05) is 29.2 Å². The van der Waals surface area contributed by atoms with Crippen molar-refractivity contribution in [2.45, 2.75) is 12.3 Å². The van der Waals surface area contributed by atoms with Crippen LogP contribution >= 0.6 is 0 Å². The van der Waals surface area contributed by atoms with E-state index in [1.165, 1.54) is 29.8 Å². The molecule has 3 rings (SSSR count). The SMILES string of the molecule is COc1ccc(C2CCN(C(=O)COc3ccc(F)cc3)C2)cc1. The lowest BCUT2D eigenvalue weighted by molar-refractivity contribution is -0.132. The van der Waals surface area contributed by atoms with Gasteiger partial charge in [-0.1, -0.05) is 12.1 Å². The molecule has 126 valence electrons. The molecule has 5 heteroatoms. The first-order chi connectivity index (χ1) is 11.7. The van der Waals surface area contributed by atoms with Gasteiger partial charge >= 0.3 is 0 Å². The zero-order valence-corrected chi connectivity index (χ0v) is 13.6. The second-order valence-electron chi connectivity index (χ2n) is 5.84. The third-order valence-corrected chi connectivity index (χ3v) is 4.30. The van der Waals surface area contributed by atoms with Crippen LogP contribution in [0.15, 0.2) is 48.5 Å². The van der Waals surface area contributed by atoms with Crippen LogP contribution in [0.2, 0.25) is 0 Å². The Labute approximate surface area is 140 Å². The molecule has 0 aliphatic carbocycles. The average Bonchev–Trinajstić information content (AvgIpc) is 3.11. The predicted molar refractivity (Wildman–Crippen MR) is 88.8 cm³/mol. The highest BCUT2D eigenvalue weighted by Crippen LogP contribution is 2.28. The van der Waals surface area contributed by atoms with Crippen LogP contribution < -0.4 is 9.47 Å². The number of halogens is 1. The summed E-state index contributed by atoms with van der Waals surface area (Å²) in [5.74, 6) is 1.30. The molecule has 0 bridgehead atoms. The molecule has 1 aliphatic rings. The number of hydrogen-bond donors (Lipinski definition) is 0. The molecule has 24 heavy (non-hydrogen) atoms. The lowest BCUT2D eigenvalue weighted by Gasteiger charge is -2.17. The summed E-state index contributed by atoms with van der Waals surface area (Å²) >= 11 is 0. The van der Waals surface area contributed by atoms with Gasteiger partial charge in [-0.3, -0.25) is 4.79 Å². The van der Waals surface area contributed by atoms with Crippen LogP contribution in [0, 0.1) is 5.82 Å². The van der Waals surface area contributed by atoms with Gasteiger partial charge in [-0.25, -0.2) is 4.39 Å². The Morgan fingerprint density at radius 2 is 1.79 bits per heavy atom. The van der Waals surface area contributed by atoms with Crippen LogP contribution in [0.3, 0.4) is 0 Å². The van der Waals surface area contributed by atoms with E-state index in [4.69, 9.17) is 9.47 Å². The maximum absolute atomic E-state index is 12.8. The van der Waals surface area contributed by atoms with Crippen molar-refractivity contribution in [3.8, 4) is 11.5 Å². The highest BCUT2D eigenvalue weighted by Gasteiger charge is 2.27. The summed E-state index contributed by atoms with van der Waals surface area (Å²) < 4.78 is 23.4. The second-order valence-corrected chi connectivity index (χ2v) is 5.84. The van der Waals surface area contributed by atoms with Gasteiger partial charge in [-0.2, -0.15) is 0 Å². The number of likely N-dealkylation sites (tertiary alicyclic amines) is 1. The minimum atomic E-state index is -0.324. The van der Waals surface area contributed by atoms with Gasteiger partial charge in [0.2, 0.25) is 0 Å². The van der Waals surface area contributed by atoms with Gasteiger partial charge in [0.05, 0.1) is 7.11 Å². The van der Waals surface area contributed by atoms with E-state index in [0.717, 1.165) is 18.7 Å². The number of benzene rings is 2. The third-order valence-electron chi connectivity index (χ3n) is 4.30. The zero-order valence-electron chi connectivity index (χ0n) is 13.6. The molecule has 0 spiro atoms. The van der Waals surface area contributed by atoms with Gasteiger partial charge in [0.1, 0.15) is 17.3 Å². The molecule has 1 saturated heterocycles. The highest BCUT2D eigenvalue weighted by atomic mass is 19.1. The lowest BCUT2D eigenvalue weighted by atomic mass is 9.98. The Bertz CT molecular complexity index is 685. The van der Waals surface area contributed by atoms with Crippen molar-refractivity contribution >= 4 is 5.91 Å². The molecule has 2 aromatic rings. The van der Waals surface area contributed by atoms with E-state index in [2.05, 4.69) is 0 Å². The Morgan fingerprint density at radius 1 is 1.12 bits per heavy atom. The summed E-state index contributed by atoms with van der Waals surface area (Å²) in [6.07, 6.45) is 0.939. The first-order valence-electron chi connectivity index (χ1n) is 7.96. The van der Waals surface area contributed by atoms with E-state index in [1.54, 1.807) is 7.11 Å². The fraction of sp³-hybridized carbons (Fsp3) is 0.316. The van der Waals surface area contributed by atoms with Crippen LogP contribution in [0.4, 0.5) is 4.39 Å². The fourth-order valence-electron chi connectivity index (χ4n) is 2.90. The fourth-order valence-corrected chi connectivity index (χ4v) is 2.90. The monoisotopic (exact) mass is 329 g/mol. The maximum atomic E-state index is 12.8. The number of ether oxygens (including phenoxy) is 2. The van der Waals surface area contributed by atoms with Crippen molar-refractivity contribution in [2.75, 3.05) is 26.8 Å². The Hall–Kier alpha value is -2.56. The normalized spacial score (nSPS) is 16.9.